The Labute approximate surface area is 139 Å². The molecule has 2 aromatic carbocycles. The van der Waals surface area contributed by atoms with E-state index in [1.807, 2.05) is 61.7 Å². The second-order valence-electron chi connectivity index (χ2n) is 5.55. The summed E-state index contributed by atoms with van der Waals surface area (Å²) in [4.78, 5) is 17.4. The molecular weight excluding hydrogens is 300 g/mol. The zero-order valence-corrected chi connectivity index (χ0v) is 13.2. The Morgan fingerprint density at radius 3 is 2.79 bits per heavy atom. The molecule has 1 N–H and O–H groups in total. The van der Waals surface area contributed by atoms with Crippen LogP contribution in [-0.4, -0.2) is 29.4 Å². The first-order valence-corrected chi connectivity index (χ1v) is 7.88. The monoisotopic (exact) mass is 316 g/mol. The molecule has 1 aliphatic heterocycles. The fourth-order valence-corrected chi connectivity index (χ4v) is 3.02. The van der Waals surface area contributed by atoms with Gasteiger partial charge in [0.25, 0.3) is 5.91 Å². The van der Waals surface area contributed by atoms with Crippen LogP contribution in [0.1, 0.15) is 18.1 Å². The van der Waals surface area contributed by atoms with Crippen molar-refractivity contribution in [3.63, 3.8) is 0 Å². The van der Waals surface area contributed by atoms with Crippen molar-refractivity contribution in [1.82, 2.24) is 4.98 Å². The van der Waals surface area contributed by atoms with Gasteiger partial charge in [0.1, 0.15) is 0 Å². The smallest absolute Gasteiger partial charge is 0.279 e. The Morgan fingerprint density at radius 2 is 1.92 bits per heavy atom. The molecule has 0 aliphatic carbocycles. The summed E-state index contributed by atoms with van der Waals surface area (Å²) in [6, 6.07) is 15.7. The molecular formula is C19H16N4O. The van der Waals surface area contributed by atoms with Crippen molar-refractivity contribution in [2.45, 2.75) is 6.92 Å². The molecule has 1 aromatic heterocycles. The van der Waals surface area contributed by atoms with Crippen molar-refractivity contribution in [2.75, 3.05) is 11.4 Å². The van der Waals surface area contributed by atoms with Crippen LogP contribution in [-0.2, 0) is 4.79 Å². The minimum Gasteiger partial charge on any atom is -0.361 e. The number of para-hydroxylation sites is 2. The first-order valence-electron chi connectivity index (χ1n) is 7.88. The minimum atomic E-state index is -0.102. The number of carbonyl (C=O) groups is 1. The van der Waals surface area contributed by atoms with Crippen LogP contribution >= 0.6 is 0 Å². The molecule has 0 radical (unpaired) electrons. The summed E-state index contributed by atoms with van der Waals surface area (Å²) in [7, 11) is 0. The molecule has 2 heterocycles. The number of fused-ring (bicyclic) bond motifs is 2. The number of aromatic nitrogens is 1. The standard InChI is InChI=1S/C19H16N4O/c1-2-23-17-10-6-4-8-15(17)18(19(23)24)22-21-12-13-11-20-16-9-5-3-7-14(13)16/h3-12,20H,2H2,1H3/b21-12+,22-18+. The van der Waals surface area contributed by atoms with Crippen molar-refractivity contribution >= 4 is 34.4 Å². The molecule has 1 amide bonds. The number of nitrogens with one attached hydrogen (secondary N) is 1. The van der Waals surface area contributed by atoms with E-state index in [-0.39, 0.29) is 5.91 Å². The number of anilines is 1. The van der Waals surface area contributed by atoms with Gasteiger partial charge in [0.15, 0.2) is 5.71 Å². The molecule has 1 aliphatic rings. The summed E-state index contributed by atoms with van der Waals surface area (Å²) in [5, 5.41) is 9.44. The summed E-state index contributed by atoms with van der Waals surface area (Å²) in [5.74, 6) is -0.102. The number of nitrogens with zero attached hydrogens (tertiary/aromatic N) is 3. The largest absolute Gasteiger partial charge is 0.361 e. The van der Waals surface area contributed by atoms with Gasteiger partial charge in [-0.2, -0.15) is 5.10 Å². The van der Waals surface area contributed by atoms with Crippen LogP contribution in [0.15, 0.2) is 64.9 Å². The van der Waals surface area contributed by atoms with Gasteiger partial charge in [-0.1, -0.05) is 36.4 Å². The normalized spacial score (nSPS) is 15.8. The fourth-order valence-electron chi connectivity index (χ4n) is 3.02. The van der Waals surface area contributed by atoms with Gasteiger partial charge in [-0.05, 0) is 19.1 Å². The van der Waals surface area contributed by atoms with Crippen LogP contribution < -0.4 is 4.90 Å². The highest BCUT2D eigenvalue weighted by Crippen LogP contribution is 2.28. The Balaban J connectivity index is 1.70. The Bertz CT molecular complexity index is 984. The third-order valence-corrected chi connectivity index (χ3v) is 4.19. The second-order valence-corrected chi connectivity index (χ2v) is 5.55. The molecule has 0 unspecified atom stereocenters. The highest BCUT2D eigenvalue weighted by molar-refractivity contribution is 6.54. The van der Waals surface area contributed by atoms with Gasteiger partial charge in [-0.3, -0.25) is 4.79 Å². The molecule has 0 saturated carbocycles. The maximum Gasteiger partial charge on any atom is 0.279 e. The average Bonchev–Trinajstić information content (AvgIpc) is 3.14. The van der Waals surface area contributed by atoms with E-state index in [1.54, 1.807) is 11.1 Å². The van der Waals surface area contributed by atoms with Crippen LogP contribution in [0.25, 0.3) is 10.9 Å². The number of carbonyl (C=O) groups excluding carboxylic acids is 1. The van der Waals surface area contributed by atoms with E-state index in [1.165, 1.54) is 0 Å². The number of likely N-dealkylation sites (N-methyl/N-ethyl adjacent to an activating group) is 1. The lowest BCUT2D eigenvalue weighted by atomic mass is 10.1. The van der Waals surface area contributed by atoms with Crippen LogP contribution in [0.4, 0.5) is 5.69 Å². The lowest BCUT2D eigenvalue weighted by Crippen LogP contribution is -2.29. The lowest BCUT2D eigenvalue weighted by Gasteiger charge is -2.12. The Morgan fingerprint density at radius 1 is 1.12 bits per heavy atom. The first-order chi connectivity index (χ1) is 11.8. The average molecular weight is 316 g/mol. The summed E-state index contributed by atoms with van der Waals surface area (Å²) >= 11 is 0. The quantitative estimate of drug-likeness (QED) is 0.584. The number of aromatic amines is 1. The maximum atomic E-state index is 12.5. The van der Waals surface area contributed by atoms with Crippen molar-refractivity contribution in [1.29, 1.82) is 0 Å². The van der Waals surface area contributed by atoms with Gasteiger partial charge in [-0.15, -0.1) is 5.10 Å². The zero-order valence-electron chi connectivity index (χ0n) is 13.2. The zero-order chi connectivity index (χ0) is 16.5. The molecule has 0 fully saturated rings. The lowest BCUT2D eigenvalue weighted by molar-refractivity contribution is -0.112. The number of benzene rings is 2. The molecule has 0 atom stereocenters. The van der Waals surface area contributed by atoms with Crippen LogP contribution in [0.2, 0.25) is 0 Å². The molecule has 5 nitrogen and oxygen atoms in total. The molecule has 3 aromatic rings. The van der Waals surface area contributed by atoms with E-state index < -0.39 is 0 Å². The third-order valence-electron chi connectivity index (χ3n) is 4.19. The summed E-state index contributed by atoms with van der Waals surface area (Å²) in [6.07, 6.45) is 3.56. The molecule has 0 saturated heterocycles. The Hall–Kier alpha value is -3.21. The highest BCUT2D eigenvalue weighted by atomic mass is 16.2. The first kappa shape index (κ1) is 14.4. The molecule has 4 rings (SSSR count). The summed E-state index contributed by atoms with van der Waals surface area (Å²) in [6.45, 7) is 2.56. The second kappa shape index (κ2) is 5.77. The van der Waals surface area contributed by atoms with Crippen molar-refractivity contribution in [3.05, 3.63) is 65.9 Å². The van der Waals surface area contributed by atoms with Crippen molar-refractivity contribution in [2.24, 2.45) is 10.2 Å². The predicted molar refractivity (Wildman–Crippen MR) is 96.9 cm³/mol. The highest BCUT2D eigenvalue weighted by Gasteiger charge is 2.32. The van der Waals surface area contributed by atoms with E-state index in [0.29, 0.717) is 12.3 Å². The number of rotatable bonds is 3. The van der Waals surface area contributed by atoms with Crippen LogP contribution in [0.5, 0.6) is 0 Å². The molecule has 24 heavy (non-hydrogen) atoms. The molecule has 5 heteroatoms. The van der Waals surface area contributed by atoms with Crippen molar-refractivity contribution < 1.29 is 4.79 Å². The van der Waals surface area contributed by atoms with Gasteiger partial charge in [-0.25, -0.2) is 0 Å². The van der Waals surface area contributed by atoms with E-state index in [0.717, 1.165) is 27.7 Å². The summed E-state index contributed by atoms with van der Waals surface area (Å²) < 4.78 is 0. The van der Waals surface area contributed by atoms with Gasteiger partial charge in [0.05, 0.1) is 11.9 Å². The molecule has 0 spiro atoms. The van der Waals surface area contributed by atoms with Gasteiger partial charge in [0, 0.05) is 34.8 Å². The van der Waals surface area contributed by atoms with Crippen LogP contribution in [0, 0.1) is 0 Å². The SMILES string of the molecule is CCN1C(=O)/C(=N/N=C/c2c[nH]c3ccccc23)c2ccccc21. The number of hydrogen-bond donors (Lipinski definition) is 1. The van der Waals surface area contributed by atoms with E-state index >= 15 is 0 Å². The number of hydrogen-bond acceptors (Lipinski definition) is 3. The number of amides is 1. The topological polar surface area (TPSA) is 60.8 Å². The van der Waals surface area contributed by atoms with Gasteiger partial charge < -0.3 is 9.88 Å². The number of H-pyrrole nitrogens is 1. The summed E-state index contributed by atoms with van der Waals surface area (Å²) in [5.41, 5.74) is 4.11. The van der Waals surface area contributed by atoms with Gasteiger partial charge in [0.2, 0.25) is 0 Å². The predicted octanol–water partition coefficient (Wildman–Crippen LogP) is 3.36. The van der Waals surface area contributed by atoms with E-state index in [9.17, 15) is 4.79 Å². The maximum absolute atomic E-state index is 12.5. The van der Waals surface area contributed by atoms with E-state index in [2.05, 4.69) is 15.2 Å². The van der Waals surface area contributed by atoms with Crippen molar-refractivity contribution in [3.8, 4) is 0 Å². The van der Waals surface area contributed by atoms with Gasteiger partial charge >= 0.3 is 0 Å². The third kappa shape index (κ3) is 2.22. The molecule has 118 valence electrons. The van der Waals surface area contributed by atoms with Crippen LogP contribution in [0.3, 0.4) is 0 Å². The van der Waals surface area contributed by atoms with E-state index in [4.69, 9.17) is 0 Å². The minimum absolute atomic E-state index is 0.102. The Kier molecular flexibility index (Phi) is 3.46. The molecule has 0 bridgehead atoms. The fraction of sp³-hybridized carbons (Fsp3) is 0.105.